The monoisotopic (exact) mass is 571 g/mol. The lowest BCUT2D eigenvalue weighted by molar-refractivity contribution is -0.141. The van der Waals surface area contributed by atoms with Crippen LogP contribution in [0.5, 0.6) is 5.75 Å². The Morgan fingerprint density at radius 2 is 1.40 bits per heavy atom. The molecule has 0 amide bonds. The van der Waals surface area contributed by atoms with E-state index >= 15 is 0 Å². The fraction of sp³-hybridized carbons (Fsp3) is 0.382. The Labute approximate surface area is 248 Å². The molecule has 8 heteroatoms. The molecule has 0 fully saturated rings. The smallest absolute Gasteiger partial charge is 0.336 e. The molecule has 0 atom stereocenters. The van der Waals surface area contributed by atoms with Gasteiger partial charge in [-0.05, 0) is 69.0 Å². The van der Waals surface area contributed by atoms with E-state index in [0.717, 1.165) is 17.0 Å². The quantitative estimate of drug-likeness (QED) is 0.260. The summed E-state index contributed by atoms with van der Waals surface area (Å²) in [4.78, 5) is 27.5. The third-order valence-electron chi connectivity index (χ3n) is 6.81. The average molecular weight is 572 g/mol. The molecule has 3 aromatic rings. The van der Waals surface area contributed by atoms with Crippen LogP contribution < -0.4 is 10.1 Å². The van der Waals surface area contributed by atoms with E-state index in [9.17, 15) is 9.59 Å². The second-order valence-corrected chi connectivity index (χ2v) is 11.3. The minimum atomic E-state index is -0.774. The highest BCUT2D eigenvalue weighted by atomic mass is 16.5. The van der Waals surface area contributed by atoms with Crippen molar-refractivity contribution in [3.8, 4) is 22.7 Å². The number of carbonyl (C=O) groups excluding carboxylic acids is 2. The summed E-state index contributed by atoms with van der Waals surface area (Å²) in [6.07, 6.45) is 1.89. The number of esters is 2. The molecule has 0 spiro atoms. The van der Waals surface area contributed by atoms with Gasteiger partial charge in [-0.25, -0.2) is 14.3 Å². The number of benzene rings is 2. The molecule has 0 saturated carbocycles. The topological polar surface area (TPSA) is 91.7 Å². The summed E-state index contributed by atoms with van der Waals surface area (Å²) in [5.74, 6) is -0.689. The van der Waals surface area contributed by atoms with E-state index in [2.05, 4.69) is 5.32 Å². The average Bonchev–Trinajstić information content (AvgIpc) is 3.40. The zero-order chi connectivity index (χ0) is 30.4. The first-order chi connectivity index (χ1) is 20.1. The van der Waals surface area contributed by atoms with Gasteiger partial charge in [-0.2, -0.15) is 5.10 Å². The van der Waals surface area contributed by atoms with Crippen LogP contribution in [-0.4, -0.2) is 41.5 Å². The van der Waals surface area contributed by atoms with Crippen molar-refractivity contribution < 1.29 is 23.8 Å². The summed E-state index contributed by atoms with van der Waals surface area (Å²) < 4.78 is 18.9. The van der Waals surface area contributed by atoms with Gasteiger partial charge in [-0.1, -0.05) is 45.9 Å². The van der Waals surface area contributed by atoms with Crippen LogP contribution in [0.4, 0.5) is 0 Å². The zero-order valence-electron chi connectivity index (χ0n) is 25.6. The summed E-state index contributed by atoms with van der Waals surface area (Å²) in [7, 11) is 0. The van der Waals surface area contributed by atoms with E-state index in [-0.39, 0.29) is 25.0 Å². The van der Waals surface area contributed by atoms with Crippen LogP contribution in [0.2, 0.25) is 0 Å². The number of para-hydroxylation sites is 1. The minimum absolute atomic E-state index is 0.151. The van der Waals surface area contributed by atoms with Crippen molar-refractivity contribution in [1.29, 1.82) is 0 Å². The Morgan fingerprint density at radius 3 is 1.90 bits per heavy atom. The molecule has 1 N–H and O–H groups in total. The molecule has 4 rings (SSSR count). The Morgan fingerprint density at radius 1 is 0.857 bits per heavy atom. The first-order valence-electron chi connectivity index (χ1n) is 14.5. The van der Waals surface area contributed by atoms with Crippen molar-refractivity contribution in [3.05, 3.63) is 88.9 Å². The van der Waals surface area contributed by atoms with Gasteiger partial charge >= 0.3 is 11.9 Å². The normalized spacial score (nSPS) is 13.9. The highest BCUT2D eigenvalue weighted by Gasteiger charge is 2.40. The summed E-state index contributed by atoms with van der Waals surface area (Å²) in [5.41, 5.74) is 4.96. The van der Waals surface area contributed by atoms with Gasteiger partial charge in [0.15, 0.2) is 0 Å². The Bertz CT molecular complexity index is 1420. The van der Waals surface area contributed by atoms with Crippen LogP contribution in [0.25, 0.3) is 16.9 Å². The van der Waals surface area contributed by atoms with E-state index in [1.165, 1.54) is 0 Å². The van der Waals surface area contributed by atoms with Crippen molar-refractivity contribution in [2.45, 2.75) is 54.4 Å². The third-order valence-corrected chi connectivity index (χ3v) is 6.81. The maximum Gasteiger partial charge on any atom is 0.336 e. The molecule has 1 aliphatic heterocycles. The molecule has 0 radical (unpaired) electrons. The highest BCUT2D eigenvalue weighted by molar-refractivity contribution is 6.00. The van der Waals surface area contributed by atoms with E-state index in [1.807, 2.05) is 109 Å². The number of carbonyl (C=O) groups is 2. The molecular weight excluding hydrogens is 530 g/mol. The number of rotatable bonds is 11. The number of nitrogens with one attached hydrogen (secondary N) is 1. The predicted molar refractivity (Wildman–Crippen MR) is 163 cm³/mol. The van der Waals surface area contributed by atoms with Crippen LogP contribution >= 0.6 is 0 Å². The fourth-order valence-electron chi connectivity index (χ4n) is 4.90. The number of ether oxygens (including phenoxy) is 3. The van der Waals surface area contributed by atoms with Crippen molar-refractivity contribution >= 4 is 11.9 Å². The first-order valence-corrected chi connectivity index (χ1v) is 14.5. The molecular formula is C34H41N3O5. The van der Waals surface area contributed by atoms with E-state index < -0.39 is 17.9 Å². The molecule has 0 bridgehead atoms. The zero-order valence-corrected chi connectivity index (χ0v) is 25.6. The number of hydrogen-bond acceptors (Lipinski definition) is 7. The summed E-state index contributed by atoms with van der Waals surface area (Å²) in [6, 6.07) is 17.4. The van der Waals surface area contributed by atoms with Crippen LogP contribution in [0.1, 0.15) is 59.9 Å². The Kier molecular flexibility index (Phi) is 9.88. The second-order valence-electron chi connectivity index (χ2n) is 11.3. The fourth-order valence-corrected chi connectivity index (χ4v) is 4.90. The molecule has 1 aliphatic rings. The van der Waals surface area contributed by atoms with Crippen molar-refractivity contribution in [2.75, 3.05) is 19.8 Å². The van der Waals surface area contributed by atoms with E-state index in [0.29, 0.717) is 40.4 Å². The number of aromatic nitrogens is 2. The third kappa shape index (κ3) is 6.93. The van der Waals surface area contributed by atoms with Gasteiger partial charge in [0.25, 0.3) is 0 Å². The molecule has 2 heterocycles. The number of hydrogen-bond donors (Lipinski definition) is 1. The largest absolute Gasteiger partial charge is 0.494 e. The molecule has 0 unspecified atom stereocenters. The second kappa shape index (κ2) is 13.6. The van der Waals surface area contributed by atoms with Gasteiger partial charge in [0.05, 0.1) is 48.3 Å². The number of nitrogens with zero attached hydrogens (tertiary/aromatic N) is 2. The van der Waals surface area contributed by atoms with Gasteiger partial charge in [0.1, 0.15) is 5.75 Å². The molecule has 222 valence electrons. The summed E-state index contributed by atoms with van der Waals surface area (Å²) >= 11 is 0. The van der Waals surface area contributed by atoms with Crippen LogP contribution in [0, 0.1) is 11.8 Å². The van der Waals surface area contributed by atoms with Crippen molar-refractivity contribution in [3.63, 3.8) is 0 Å². The lowest BCUT2D eigenvalue weighted by Crippen LogP contribution is -2.33. The van der Waals surface area contributed by atoms with Gasteiger partial charge in [-0.15, -0.1) is 0 Å². The van der Waals surface area contributed by atoms with Gasteiger partial charge < -0.3 is 19.5 Å². The lowest BCUT2D eigenvalue weighted by Gasteiger charge is -2.30. The van der Waals surface area contributed by atoms with Gasteiger partial charge in [-0.3, -0.25) is 0 Å². The summed E-state index contributed by atoms with van der Waals surface area (Å²) in [6.45, 7) is 14.6. The van der Waals surface area contributed by atoms with E-state index in [1.54, 1.807) is 4.68 Å². The van der Waals surface area contributed by atoms with Gasteiger partial charge in [0.2, 0.25) is 0 Å². The molecule has 2 aromatic carbocycles. The Hall–Kier alpha value is -4.33. The maximum absolute atomic E-state index is 13.7. The SMILES string of the molecule is CCOc1ccc(-c2nn(-c3ccccc3)cc2C2C(C(=O)OCC(C)C)=C(C)NC(C)=C2C(=O)OCC(C)C)cc1. The maximum atomic E-state index is 13.7. The lowest BCUT2D eigenvalue weighted by atomic mass is 9.79. The number of dihydropyridines is 1. The molecule has 42 heavy (non-hydrogen) atoms. The van der Waals surface area contributed by atoms with Crippen LogP contribution in [0.3, 0.4) is 0 Å². The predicted octanol–water partition coefficient (Wildman–Crippen LogP) is 6.57. The number of allylic oxidation sites excluding steroid dienone is 2. The molecule has 8 nitrogen and oxygen atoms in total. The molecule has 1 aromatic heterocycles. The Balaban J connectivity index is 1.94. The van der Waals surface area contributed by atoms with Crippen LogP contribution in [-0.2, 0) is 19.1 Å². The van der Waals surface area contributed by atoms with Crippen molar-refractivity contribution in [1.82, 2.24) is 15.1 Å². The highest BCUT2D eigenvalue weighted by Crippen LogP contribution is 2.43. The van der Waals surface area contributed by atoms with E-state index in [4.69, 9.17) is 19.3 Å². The standard InChI is InChI=1S/C34H41N3O5/c1-8-40-27-16-14-25(15-17-27)32-28(18-37(36-32)26-12-10-9-11-13-26)31-29(33(38)41-19-21(2)3)23(6)35-24(7)30(31)34(39)42-20-22(4)5/h9-18,21-22,31,35H,8,19-20H2,1-7H3. The molecule has 0 aliphatic carbocycles. The summed E-state index contributed by atoms with van der Waals surface area (Å²) in [5, 5.41) is 8.24. The molecule has 0 saturated heterocycles. The van der Waals surface area contributed by atoms with Crippen molar-refractivity contribution in [2.24, 2.45) is 11.8 Å². The minimum Gasteiger partial charge on any atom is -0.494 e. The van der Waals surface area contributed by atoms with Crippen LogP contribution in [0.15, 0.2) is 83.3 Å². The first kappa shape index (κ1) is 30.6. The van der Waals surface area contributed by atoms with Gasteiger partial charge in [0, 0.05) is 28.7 Å².